The van der Waals surface area contributed by atoms with Crippen LogP contribution in [0.2, 0.25) is 0 Å². The first kappa shape index (κ1) is 16.9. The number of hydrogen-bond acceptors (Lipinski definition) is 3. The van der Waals surface area contributed by atoms with E-state index in [1.165, 1.54) is 33.1 Å². The number of methoxy groups -OCH3 is 1. The van der Waals surface area contributed by atoms with Gasteiger partial charge in [0.1, 0.15) is 11.6 Å². The standard InChI is InChI=1S/C15H20FNO4/c1-5-9-17(10(2)18)15(3,14(19)20)13-11(16)7-6-8-12(13)21-4/h6-8H,5,9H2,1-4H3,(H,19,20). The number of amides is 1. The molecule has 1 rings (SSSR count). The molecule has 1 N–H and O–H groups in total. The third-order valence-corrected chi connectivity index (χ3v) is 3.47. The molecule has 1 aromatic carbocycles. The van der Waals surface area contributed by atoms with Crippen LogP contribution in [0.25, 0.3) is 0 Å². The number of rotatable bonds is 6. The minimum atomic E-state index is -1.83. The van der Waals surface area contributed by atoms with Crippen molar-refractivity contribution in [1.82, 2.24) is 4.90 Å². The van der Waals surface area contributed by atoms with Gasteiger partial charge in [0.2, 0.25) is 5.91 Å². The van der Waals surface area contributed by atoms with Crippen molar-refractivity contribution in [3.05, 3.63) is 29.6 Å². The van der Waals surface area contributed by atoms with Crippen molar-refractivity contribution in [2.45, 2.75) is 32.7 Å². The predicted molar refractivity (Wildman–Crippen MR) is 75.6 cm³/mol. The summed E-state index contributed by atoms with van der Waals surface area (Å²) >= 11 is 0. The van der Waals surface area contributed by atoms with E-state index in [0.717, 1.165) is 11.0 Å². The Bertz CT molecular complexity index is 546. The average molecular weight is 297 g/mol. The third kappa shape index (κ3) is 2.99. The molecule has 0 spiro atoms. The SMILES string of the molecule is CCCN(C(C)=O)C(C)(C(=O)O)c1c(F)cccc1OC. The predicted octanol–water partition coefficient (Wildman–Crippen LogP) is 2.39. The first-order valence-electron chi connectivity index (χ1n) is 6.65. The van der Waals surface area contributed by atoms with Crippen molar-refractivity contribution >= 4 is 11.9 Å². The highest BCUT2D eigenvalue weighted by Gasteiger charge is 2.46. The molecule has 0 saturated carbocycles. The van der Waals surface area contributed by atoms with Gasteiger partial charge in [0, 0.05) is 13.5 Å². The number of benzene rings is 1. The number of nitrogens with zero attached hydrogens (tertiary/aromatic N) is 1. The van der Waals surface area contributed by atoms with Gasteiger partial charge in [-0.3, -0.25) is 4.79 Å². The summed E-state index contributed by atoms with van der Waals surface area (Å²) in [7, 11) is 1.33. The second-order valence-electron chi connectivity index (χ2n) is 4.87. The highest BCUT2D eigenvalue weighted by molar-refractivity contribution is 5.87. The molecule has 5 nitrogen and oxygen atoms in total. The zero-order valence-electron chi connectivity index (χ0n) is 12.6. The van der Waals surface area contributed by atoms with Crippen LogP contribution in [0.5, 0.6) is 5.75 Å². The fourth-order valence-electron chi connectivity index (χ4n) is 2.42. The van der Waals surface area contributed by atoms with Gasteiger partial charge in [0.15, 0.2) is 5.54 Å². The zero-order valence-corrected chi connectivity index (χ0v) is 12.6. The van der Waals surface area contributed by atoms with E-state index in [9.17, 15) is 19.1 Å². The molecule has 6 heteroatoms. The second-order valence-corrected chi connectivity index (χ2v) is 4.87. The number of halogens is 1. The minimum Gasteiger partial charge on any atom is -0.496 e. The highest BCUT2D eigenvalue weighted by Crippen LogP contribution is 2.37. The molecule has 1 atom stereocenters. The smallest absolute Gasteiger partial charge is 0.334 e. The van der Waals surface area contributed by atoms with Crippen LogP contribution in [0.1, 0.15) is 32.8 Å². The lowest BCUT2D eigenvalue weighted by Crippen LogP contribution is -2.53. The van der Waals surface area contributed by atoms with Crippen molar-refractivity contribution in [3.8, 4) is 5.75 Å². The van der Waals surface area contributed by atoms with Crippen molar-refractivity contribution in [2.75, 3.05) is 13.7 Å². The Morgan fingerprint density at radius 3 is 2.48 bits per heavy atom. The summed E-state index contributed by atoms with van der Waals surface area (Å²) in [6.45, 7) is 4.60. The van der Waals surface area contributed by atoms with Crippen LogP contribution in [0.4, 0.5) is 4.39 Å². The van der Waals surface area contributed by atoms with Crippen LogP contribution in [0.15, 0.2) is 18.2 Å². The molecule has 0 radical (unpaired) electrons. The van der Waals surface area contributed by atoms with Gasteiger partial charge in [0.25, 0.3) is 0 Å². The monoisotopic (exact) mass is 297 g/mol. The van der Waals surface area contributed by atoms with Crippen molar-refractivity contribution in [2.24, 2.45) is 0 Å². The van der Waals surface area contributed by atoms with Crippen LogP contribution >= 0.6 is 0 Å². The minimum absolute atomic E-state index is 0.0993. The Morgan fingerprint density at radius 1 is 1.43 bits per heavy atom. The lowest BCUT2D eigenvalue weighted by Gasteiger charge is -2.38. The quantitative estimate of drug-likeness (QED) is 0.875. The summed E-state index contributed by atoms with van der Waals surface area (Å²) in [5.74, 6) is -2.37. The molecule has 0 heterocycles. The maximum absolute atomic E-state index is 14.3. The zero-order chi connectivity index (χ0) is 16.2. The molecular formula is C15H20FNO4. The van der Waals surface area contributed by atoms with Crippen molar-refractivity contribution < 1.29 is 23.8 Å². The van der Waals surface area contributed by atoms with E-state index in [1.807, 2.05) is 6.92 Å². The van der Waals surface area contributed by atoms with Gasteiger partial charge in [-0.1, -0.05) is 13.0 Å². The van der Waals surface area contributed by atoms with E-state index < -0.39 is 23.2 Å². The summed E-state index contributed by atoms with van der Waals surface area (Å²) in [4.78, 5) is 24.9. The first-order valence-corrected chi connectivity index (χ1v) is 6.65. The lowest BCUT2D eigenvalue weighted by atomic mass is 9.88. The molecule has 0 aliphatic rings. The van der Waals surface area contributed by atoms with Crippen LogP contribution in [0, 0.1) is 5.82 Å². The lowest BCUT2D eigenvalue weighted by molar-refractivity contribution is -0.158. The van der Waals surface area contributed by atoms with Gasteiger partial charge in [-0.15, -0.1) is 0 Å². The van der Waals surface area contributed by atoms with Gasteiger partial charge < -0.3 is 14.7 Å². The molecule has 0 aliphatic heterocycles. The van der Waals surface area contributed by atoms with Gasteiger partial charge >= 0.3 is 5.97 Å². The summed E-state index contributed by atoms with van der Waals surface area (Å²) in [5.41, 5.74) is -1.98. The molecule has 0 bridgehead atoms. The maximum Gasteiger partial charge on any atom is 0.334 e. The summed E-state index contributed by atoms with van der Waals surface area (Å²) in [6.07, 6.45) is 0.555. The van der Waals surface area contributed by atoms with Crippen molar-refractivity contribution in [1.29, 1.82) is 0 Å². The van der Waals surface area contributed by atoms with Crippen LogP contribution in [-0.4, -0.2) is 35.5 Å². The summed E-state index contributed by atoms with van der Waals surface area (Å²) in [6, 6.07) is 4.06. The largest absolute Gasteiger partial charge is 0.496 e. The van der Waals surface area contributed by atoms with Crippen molar-refractivity contribution in [3.63, 3.8) is 0 Å². The topological polar surface area (TPSA) is 66.8 Å². The maximum atomic E-state index is 14.3. The highest BCUT2D eigenvalue weighted by atomic mass is 19.1. The van der Waals surface area contributed by atoms with E-state index in [-0.39, 0.29) is 17.9 Å². The number of aliphatic carboxylic acids is 1. The number of carboxylic acids is 1. The van der Waals surface area contributed by atoms with Gasteiger partial charge in [-0.2, -0.15) is 0 Å². The number of hydrogen-bond donors (Lipinski definition) is 1. The van der Waals surface area contributed by atoms with E-state index >= 15 is 0 Å². The Kier molecular flexibility index (Phi) is 5.29. The molecular weight excluding hydrogens is 277 g/mol. The average Bonchev–Trinajstić information content (AvgIpc) is 2.43. The van der Waals surface area contributed by atoms with Crippen LogP contribution in [0.3, 0.4) is 0 Å². The number of ether oxygens (including phenoxy) is 1. The molecule has 1 aromatic rings. The second kappa shape index (κ2) is 6.56. The molecule has 21 heavy (non-hydrogen) atoms. The number of carbonyl (C=O) groups is 2. The van der Waals surface area contributed by atoms with Gasteiger partial charge in [0.05, 0.1) is 12.7 Å². The Labute approximate surface area is 123 Å². The van der Waals surface area contributed by atoms with Crippen LogP contribution < -0.4 is 4.74 Å². The van der Waals surface area contributed by atoms with E-state index in [2.05, 4.69) is 0 Å². The summed E-state index contributed by atoms with van der Waals surface area (Å²) < 4.78 is 19.4. The molecule has 0 aromatic heterocycles. The first-order chi connectivity index (χ1) is 9.80. The number of carboxylic acid groups (broad SMARTS) is 1. The summed E-state index contributed by atoms with van der Waals surface area (Å²) in [5, 5.41) is 9.66. The Morgan fingerprint density at radius 2 is 2.05 bits per heavy atom. The normalized spacial score (nSPS) is 13.4. The molecule has 1 amide bonds. The fraction of sp³-hybridized carbons (Fsp3) is 0.467. The molecule has 0 fully saturated rings. The Balaban J connectivity index is 3.62. The molecule has 116 valence electrons. The van der Waals surface area contributed by atoms with E-state index in [1.54, 1.807) is 0 Å². The molecule has 1 unspecified atom stereocenters. The van der Waals surface area contributed by atoms with Gasteiger partial charge in [-0.25, -0.2) is 9.18 Å². The third-order valence-electron chi connectivity index (χ3n) is 3.47. The number of carbonyl (C=O) groups excluding carboxylic acids is 1. The van der Waals surface area contributed by atoms with E-state index in [0.29, 0.717) is 6.42 Å². The molecule has 0 saturated heterocycles. The van der Waals surface area contributed by atoms with Gasteiger partial charge in [-0.05, 0) is 25.5 Å². The van der Waals surface area contributed by atoms with Crippen LogP contribution in [-0.2, 0) is 15.1 Å². The fourth-order valence-corrected chi connectivity index (χ4v) is 2.42. The molecule has 0 aliphatic carbocycles. The Hall–Kier alpha value is -2.11. The van der Waals surface area contributed by atoms with E-state index in [4.69, 9.17) is 4.74 Å².